The summed E-state index contributed by atoms with van der Waals surface area (Å²) in [5.41, 5.74) is 3.31. The zero-order valence-electron chi connectivity index (χ0n) is 9.67. The maximum absolute atomic E-state index is 9.28. The second-order valence-corrected chi connectivity index (χ2v) is 5.04. The van der Waals surface area contributed by atoms with Crippen molar-refractivity contribution in [3.8, 4) is 0 Å². The lowest BCUT2D eigenvalue weighted by Gasteiger charge is -2.24. The summed E-state index contributed by atoms with van der Waals surface area (Å²) in [4.78, 5) is 0. The second-order valence-electron chi connectivity index (χ2n) is 5.04. The fourth-order valence-corrected chi connectivity index (χ4v) is 2.11. The summed E-state index contributed by atoms with van der Waals surface area (Å²) in [7, 11) is 0. The maximum atomic E-state index is 9.28. The van der Waals surface area contributed by atoms with E-state index in [1.807, 2.05) is 4.68 Å². The molecule has 1 aromatic rings. The quantitative estimate of drug-likeness (QED) is 0.718. The first-order chi connectivity index (χ1) is 7.04. The normalized spacial score (nSPS) is 16.5. The van der Waals surface area contributed by atoms with E-state index in [4.69, 9.17) is 0 Å². The first-order valence-corrected chi connectivity index (χ1v) is 5.45. The molecule has 2 N–H and O–H groups in total. The lowest BCUT2D eigenvalue weighted by Crippen LogP contribution is -2.31. The summed E-state index contributed by atoms with van der Waals surface area (Å²) in [6, 6.07) is 0. The smallest absolute Gasteiger partial charge is 0.0914 e. The number of fused-ring (bicyclic) bond motifs is 1. The van der Waals surface area contributed by atoms with E-state index in [0.29, 0.717) is 0 Å². The van der Waals surface area contributed by atoms with Crippen LogP contribution >= 0.6 is 0 Å². The number of hydrogen-bond donors (Lipinski definition) is 2. The molecule has 4 heteroatoms. The van der Waals surface area contributed by atoms with E-state index >= 15 is 0 Å². The van der Waals surface area contributed by atoms with Crippen LogP contribution in [0.3, 0.4) is 0 Å². The van der Waals surface area contributed by atoms with Crippen molar-refractivity contribution in [2.45, 2.75) is 45.9 Å². The Labute approximate surface area is 90.3 Å². The molecule has 1 aliphatic rings. The molecule has 0 unspecified atom stereocenters. The van der Waals surface area contributed by atoms with Gasteiger partial charge >= 0.3 is 0 Å². The predicted molar refractivity (Wildman–Crippen MR) is 58.6 cm³/mol. The van der Waals surface area contributed by atoms with Crippen LogP contribution in [0.1, 0.15) is 37.7 Å². The topological polar surface area (TPSA) is 50.1 Å². The summed E-state index contributed by atoms with van der Waals surface area (Å²) in [5.74, 6) is 0. The summed E-state index contributed by atoms with van der Waals surface area (Å²) in [6.07, 6.45) is 0.974. The average molecular weight is 209 g/mol. The standard InChI is InChI=1S/C11H19N3O/c1-11(2,3)14-10-6-12-5-4-8(10)9(7-15)13-14/h12,15H,4-7H2,1-3H3. The molecule has 0 radical (unpaired) electrons. The van der Waals surface area contributed by atoms with E-state index in [1.54, 1.807) is 0 Å². The van der Waals surface area contributed by atoms with Crippen molar-refractivity contribution < 1.29 is 5.11 Å². The molecule has 4 nitrogen and oxygen atoms in total. The van der Waals surface area contributed by atoms with Gasteiger partial charge in [0.2, 0.25) is 0 Å². The predicted octanol–water partition coefficient (Wildman–Crippen LogP) is 0.776. The number of nitrogens with one attached hydrogen (secondary N) is 1. The molecule has 1 aliphatic heterocycles. The monoisotopic (exact) mass is 209 g/mol. The Kier molecular flexibility index (Phi) is 2.56. The van der Waals surface area contributed by atoms with Crippen LogP contribution in [-0.2, 0) is 25.1 Å². The highest BCUT2D eigenvalue weighted by Crippen LogP contribution is 2.24. The molecule has 1 aromatic heterocycles. The summed E-state index contributed by atoms with van der Waals surface area (Å²) in [6.45, 7) is 8.29. The largest absolute Gasteiger partial charge is 0.390 e. The van der Waals surface area contributed by atoms with Crippen LogP contribution in [0.25, 0.3) is 0 Å². The van der Waals surface area contributed by atoms with Crippen LogP contribution in [0, 0.1) is 0 Å². The number of hydrogen-bond acceptors (Lipinski definition) is 3. The lowest BCUT2D eigenvalue weighted by molar-refractivity contribution is 0.269. The highest BCUT2D eigenvalue weighted by Gasteiger charge is 2.25. The Morgan fingerprint density at radius 2 is 2.20 bits per heavy atom. The Morgan fingerprint density at radius 1 is 1.47 bits per heavy atom. The van der Waals surface area contributed by atoms with Gasteiger partial charge in [0.05, 0.1) is 23.5 Å². The van der Waals surface area contributed by atoms with Gasteiger partial charge in [-0.1, -0.05) is 0 Å². The van der Waals surface area contributed by atoms with E-state index in [2.05, 4.69) is 31.2 Å². The molecule has 15 heavy (non-hydrogen) atoms. The number of nitrogens with zero attached hydrogens (tertiary/aromatic N) is 2. The Balaban J connectivity index is 2.52. The molecular formula is C11H19N3O. The maximum Gasteiger partial charge on any atom is 0.0914 e. The van der Waals surface area contributed by atoms with Crippen molar-refractivity contribution in [3.05, 3.63) is 17.0 Å². The third-order valence-corrected chi connectivity index (χ3v) is 2.80. The Hall–Kier alpha value is -0.870. The first kappa shape index (κ1) is 10.6. The van der Waals surface area contributed by atoms with Crippen molar-refractivity contribution in [1.29, 1.82) is 0 Å². The molecule has 0 aliphatic carbocycles. The molecule has 84 valence electrons. The van der Waals surface area contributed by atoms with Gasteiger partial charge in [0.15, 0.2) is 0 Å². The Morgan fingerprint density at radius 3 is 2.80 bits per heavy atom. The van der Waals surface area contributed by atoms with Crippen molar-refractivity contribution in [3.63, 3.8) is 0 Å². The first-order valence-electron chi connectivity index (χ1n) is 5.45. The van der Waals surface area contributed by atoms with Crippen LogP contribution in [-0.4, -0.2) is 21.4 Å². The molecule has 0 atom stereocenters. The molecule has 0 bridgehead atoms. The number of rotatable bonds is 1. The number of aliphatic hydroxyl groups excluding tert-OH is 1. The van der Waals surface area contributed by atoms with E-state index in [0.717, 1.165) is 25.2 Å². The molecule has 2 rings (SSSR count). The minimum absolute atomic E-state index is 0.0173. The van der Waals surface area contributed by atoms with Gasteiger partial charge in [0.1, 0.15) is 0 Å². The van der Waals surface area contributed by atoms with Crippen molar-refractivity contribution >= 4 is 0 Å². The summed E-state index contributed by atoms with van der Waals surface area (Å²) < 4.78 is 2.04. The van der Waals surface area contributed by atoms with Crippen molar-refractivity contribution in [2.75, 3.05) is 6.54 Å². The van der Waals surface area contributed by atoms with Gasteiger partial charge in [-0.05, 0) is 33.7 Å². The number of aromatic nitrogens is 2. The second kappa shape index (κ2) is 3.61. The average Bonchev–Trinajstić information content (AvgIpc) is 2.55. The number of aliphatic hydroxyl groups is 1. The molecule has 0 saturated carbocycles. The Bertz CT molecular complexity index is 363. The van der Waals surface area contributed by atoms with Gasteiger partial charge in [0, 0.05) is 12.1 Å². The highest BCUT2D eigenvalue weighted by molar-refractivity contribution is 5.29. The zero-order chi connectivity index (χ0) is 11.1. The van der Waals surface area contributed by atoms with E-state index < -0.39 is 0 Å². The van der Waals surface area contributed by atoms with E-state index in [1.165, 1.54) is 11.3 Å². The van der Waals surface area contributed by atoms with Gasteiger partial charge in [-0.2, -0.15) is 5.10 Å². The minimum atomic E-state index is -0.0173. The summed E-state index contributed by atoms with van der Waals surface area (Å²) in [5, 5.41) is 17.1. The third kappa shape index (κ3) is 1.79. The molecule has 0 fully saturated rings. The molecule has 0 saturated heterocycles. The zero-order valence-corrected chi connectivity index (χ0v) is 9.67. The van der Waals surface area contributed by atoms with Gasteiger partial charge in [-0.3, -0.25) is 4.68 Å². The van der Waals surface area contributed by atoms with Crippen LogP contribution in [0.15, 0.2) is 0 Å². The fraction of sp³-hybridized carbons (Fsp3) is 0.727. The van der Waals surface area contributed by atoms with E-state index in [9.17, 15) is 5.11 Å². The van der Waals surface area contributed by atoms with Crippen LogP contribution in [0.4, 0.5) is 0 Å². The molecule has 2 heterocycles. The molecule has 0 amide bonds. The van der Waals surface area contributed by atoms with Gasteiger partial charge in [-0.15, -0.1) is 0 Å². The van der Waals surface area contributed by atoms with E-state index in [-0.39, 0.29) is 12.1 Å². The van der Waals surface area contributed by atoms with Gasteiger partial charge in [-0.25, -0.2) is 0 Å². The lowest BCUT2D eigenvalue weighted by atomic mass is 10.0. The summed E-state index contributed by atoms with van der Waals surface area (Å²) >= 11 is 0. The molecular weight excluding hydrogens is 190 g/mol. The van der Waals surface area contributed by atoms with Crippen molar-refractivity contribution in [1.82, 2.24) is 15.1 Å². The highest BCUT2D eigenvalue weighted by atomic mass is 16.3. The minimum Gasteiger partial charge on any atom is -0.390 e. The molecule has 0 spiro atoms. The van der Waals surface area contributed by atoms with Crippen molar-refractivity contribution in [2.24, 2.45) is 0 Å². The van der Waals surface area contributed by atoms with Gasteiger partial charge < -0.3 is 10.4 Å². The molecule has 0 aromatic carbocycles. The van der Waals surface area contributed by atoms with Crippen LogP contribution in [0.2, 0.25) is 0 Å². The SMILES string of the molecule is CC(C)(C)n1nc(CO)c2c1CNCC2. The van der Waals surface area contributed by atoms with Crippen LogP contribution in [0.5, 0.6) is 0 Å². The fourth-order valence-electron chi connectivity index (χ4n) is 2.11. The third-order valence-electron chi connectivity index (χ3n) is 2.80. The van der Waals surface area contributed by atoms with Gasteiger partial charge in [0.25, 0.3) is 0 Å². The van der Waals surface area contributed by atoms with Crippen LogP contribution < -0.4 is 5.32 Å².